The largest absolute Gasteiger partial charge is 0.461 e. The monoisotopic (exact) mass is 446 g/mol. The number of hydrogen-bond donors (Lipinski definition) is 1. The second kappa shape index (κ2) is 9.16. The van der Waals surface area contributed by atoms with E-state index >= 15 is 0 Å². The van der Waals surface area contributed by atoms with E-state index in [4.69, 9.17) is 10.5 Å². The summed E-state index contributed by atoms with van der Waals surface area (Å²) in [6, 6.07) is 17.2. The average molecular weight is 447 g/mol. The highest BCUT2D eigenvalue weighted by molar-refractivity contribution is 6.03. The van der Waals surface area contributed by atoms with Gasteiger partial charge in [-0.3, -0.25) is 4.79 Å². The second-order valence-corrected chi connectivity index (χ2v) is 8.40. The van der Waals surface area contributed by atoms with Gasteiger partial charge in [0.2, 0.25) is 0 Å². The number of carbonyl (C=O) groups is 2. The van der Waals surface area contributed by atoms with Gasteiger partial charge in [0.1, 0.15) is 11.5 Å². The standard InChI is InChI=1S/C27H27FN2O3/c1-4-33-27(32)25-23(24(29)26(31)16(2)3)21-14-19(28)12-13-22(21)30(25)15-18-10-7-9-17-8-5-6-11-20(17)18/h5-14,16,24H,4,15,29H2,1-3H3. The van der Waals surface area contributed by atoms with Crippen LogP contribution in [0.1, 0.15) is 48.4 Å². The zero-order valence-corrected chi connectivity index (χ0v) is 19.0. The van der Waals surface area contributed by atoms with Crippen LogP contribution in [0.5, 0.6) is 0 Å². The van der Waals surface area contributed by atoms with Crippen molar-refractivity contribution in [2.75, 3.05) is 6.61 Å². The minimum atomic E-state index is -1.08. The van der Waals surface area contributed by atoms with Crippen LogP contribution in [0.25, 0.3) is 21.7 Å². The van der Waals surface area contributed by atoms with Gasteiger partial charge in [-0.1, -0.05) is 56.3 Å². The summed E-state index contributed by atoms with van der Waals surface area (Å²) in [5, 5.41) is 2.56. The van der Waals surface area contributed by atoms with Crippen molar-refractivity contribution in [2.45, 2.75) is 33.4 Å². The van der Waals surface area contributed by atoms with Gasteiger partial charge in [0.15, 0.2) is 5.78 Å². The van der Waals surface area contributed by atoms with Gasteiger partial charge in [0.25, 0.3) is 0 Å². The molecule has 0 aliphatic rings. The number of nitrogens with zero attached hydrogens (tertiary/aromatic N) is 1. The first-order chi connectivity index (χ1) is 15.8. The Morgan fingerprint density at radius 3 is 2.48 bits per heavy atom. The van der Waals surface area contributed by atoms with Crippen LogP contribution in [0.2, 0.25) is 0 Å². The minimum absolute atomic E-state index is 0.162. The Kier molecular flexibility index (Phi) is 6.29. The zero-order chi connectivity index (χ0) is 23.7. The van der Waals surface area contributed by atoms with Gasteiger partial charge in [0.05, 0.1) is 12.6 Å². The summed E-state index contributed by atoms with van der Waals surface area (Å²) < 4.78 is 21.5. The van der Waals surface area contributed by atoms with Crippen LogP contribution in [-0.4, -0.2) is 22.9 Å². The molecular weight excluding hydrogens is 419 g/mol. The van der Waals surface area contributed by atoms with Crippen LogP contribution in [0, 0.1) is 11.7 Å². The Hall–Kier alpha value is -3.51. The van der Waals surface area contributed by atoms with E-state index in [-0.39, 0.29) is 24.0 Å². The Bertz CT molecular complexity index is 1350. The van der Waals surface area contributed by atoms with Gasteiger partial charge in [-0.15, -0.1) is 0 Å². The normalized spacial score (nSPS) is 12.4. The van der Waals surface area contributed by atoms with Crippen LogP contribution >= 0.6 is 0 Å². The summed E-state index contributed by atoms with van der Waals surface area (Å²) in [5.41, 5.74) is 8.49. The lowest BCUT2D eigenvalue weighted by atomic mass is 9.94. The van der Waals surface area contributed by atoms with Gasteiger partial charge < -0.3 is 15.0 Å². The van der Waals surface area contributed by atoms with E-state index in [9.17, 15) is 14.0 Å². The number of nitrogens with two attached hydrogens (primary N) is 1. The number of benzene rings is 3. The third-order valence-corrected chi connectivity index (χ3v) is 5.93. The number of ketones is 1. The van der Waals surface area contributed by atoms with Crippen molar-refractivity contribution in [1.82, 2.24) is 4.57 Å². The Balaban J connectivity index is 2.01. The Labute approximate surface area is 191 Å². The first-order valence-electron chi connectivity index (χ1n) is 11.1. The van der Waals surface area contributed by atoms with Crippen LogP contribution < -0.4 is 5.73 Å². The first-order valence-corrected chi connectivity index (χ1v) is 11.1. The zero-order valence-electron chi connectivity index (χ0n) is 19.0. The van der Waals surface area contributed by atoms with Crippen molar-refractivity contribution in [3.63, 3.8) is 0 Å². The molecule has 0 fully saturated rings. The molecule has 1 aromatic heterocycles. The molecule has 2 N–H and O–H groups in total. The van der Waals surface area contributed by atoms with Crippen molar-refractivity contribution in [3.05, 3.63) is 83.3 Å². The predicted molar refractivity (Wildman–Crippen MR) is 128 cm³/mol. The molecular formula is C27H27FN2O3. The lowest BCUT2D eigenvalue weighted by Gasteiger charge is -2.17. The Morgan fingerprint density at radius 1 is 1.03 bits per heavy atom. The molecule has 0 aliphatic carbocycles. The summed E-state index contributed by atoms with van der Waals surface area (Å²) in [6.07, 6.45) is 0. The molecule has 0 bridgehead atoms. The number of carbonyl (C=O) groups excluding carboxylic acids is 2. The van der Waals surface area contributed by atoms with Crippen molar-refractivity contribution in [1.29, 1.82) is 0 Å². The van der Waals surface area contributed by atoms with Gasteiger partial charge in [-0.25, -0.2) is 9.18 Å². The molecule has 0 aliphatic heterocycles. The van der Waals surface area contributed by atoms with E-state index in [1.165, 1.54) is 12.1 Å². The fourth-order valence-corrected chi connectivity index (χ4v) is 4.35. The fourth-order valence-electron chi connectivity index (χ4n) is 4.35. The molecule has 3 aromatic carbocycles. The molecule has 1 unspecified atom stereocenters. The number of ether oxygens (including phenoxy) is 1. The maximum Gasteiger partial charge on any atom is 0.355 e. The highest BCUT2D eigenvalue weighted by Crippen LogP contribution is 2.34. The van der Waals surface area contributed by atoms with Crippen LogP contribution in [0.15, 0.2) is 60.7 Å². The smallest absolute Gasteiger partial charge is 0.355 e. The number of esters is 1. The molecule has 33 heavy (non-hydrogen) atoms. The molecule has 5 nitrogen and oxygen atoms in total. The molecule has 6 heteroatoms. The number of rotatable bonds is 7. The third kappa shape index (κ3) is 4.14. The van der Waals surface area contributed by atoms with Crippen molar-refractivity contribution >= 4 is 33.4 Å². The quantitative estimate of drug-likeness (QED) is 0.387. The summed E-state index contributed by atoms with van der Waals surface area (Å²) >= 11 is 0. The molecule has 0 saturated carbocycles. The van der Waals surface area contributed by atoms with E-state index < -0.39 is 17.8 Å². The fraction of sp³-hybridized carbons (Fsp3) is 0.259. The van der Waals surface area contributed by atoms with Crippen molar-refractivity contribution < 1.29 is 18.7 Å². The van der Waals surface area contributed by atoms with E-state index in [0.29, 0.717) is 23.0 Å². The summed E-state index contributed by atoms with van der Waals surface area (Å²) in [4.78, 5) is 26.1. The summed E-state index contributed by atoms with van der Waals surface area (Å²) in [7, 11) is 0. The van der Waals surface area contributed by atoms with Crippen LogP contribution in [0.4, 0.5) is 4.39 Å². The molecule has 4 rings (SSSR count). The molecule has 0 spiro atoms. The highest BCUT2D eigenvalue weighted by Gasteiger charge is 2.32. The predicted octanol–water partition coefficient (Wildman–Crippen LogP) is 5.38. The van der Waals surface area contributed by atoms with E-state index in [2.05, 4.69) is 0 Å². The van der Waals surface area contributed by atoms with Gasteiger partial charge >= 0.3 is 5.97 Å². The van der Waals surface area contributed by atoms with Crippen molar-refractivity contribution in [3.8, 4) is 0 Å². The first kappa shape index (κ1) is 22.7. The van der Waals surface area contributed by atoms with Crippen LogP contribution in [-0.2, 0) is 16.1 Å². The summed E-state index contributed by atoms with van der Waals surface area (Å²) in [6.45, 7) is 5.72. The molecule has 4 aromatic rings. The van der Waals surface area contributed by atoms with Gasteiger partial charge in [-0.2, -0.15) is 0 Å². The maximum absolute atomic E-state index is 14.3. The molecule has 0 saturated heterocycles. The molecule has 0 amide bonds. The van der Waals surface area contributed by atoms with Gasteiger partial charge in [0, 0.05) is 28.9 Å². The lowest BCUT2D eigenvalue weighted by molar-refractivity contribution is -0.123. The van der Waals surface area contributed by atoms with E-state index in [1.807, 2.05) is 42.5 Å². The highest BCUT2D eigenvalue weighted by atomic mass is 19.1. The van der Waals surface area contributed by atoms with E-state index in [1.54, 1.807) is 31.4 Å². The SMILES string of the molecule is CCOC(=O)c1c(C(N)C(=O)C(C)C)c2cc(F)ccc2n1Cc1cccc2ccccc12. The van der Waals surface area contributed by atoms with Crippen LogP contribution in [0.3, 0.4) is 0 Å². The number of fused-ring (bicyclic) bond motifs is 2. The maximum atomic E-state index is 14.3. The molecule has 170 valence electrons. The van der Waals surface area contributed by atoms with Crippen molar-refractivity contribution in [2.24, 2.45) is 11.7 Å². The summed E-state index contributed by atoms with van der Waals surface area (Å²) in [5.74, 6) is -1.63. The number of aromatic nitrogens is 1. The van der Waals surface area contributed by atoms with Gasteiger partial charge in [-0.05, 0) is 41.5 Å². The minimum Gasteiger partial charge on any atom is -0.461 e. The number of Topliss-reactive ketones (excluding diaryl/α,β-unsaturated/α-hetero) is 1. The molecule has 0 radical (unpaired) electrons. The molecule has 1 atom stereocenters. The number of hydrogen-bond acceptors (Lipinski definition) is 4. The second-order valence-electron chi connectivity index (χ2n) is 8.40. The lowest BCUT2D eigenvalue weighted by Crippen LogP contribution is -2.28. The topological polar surface area (TPSA) is 74.3 Å². The molecule has 1 heterocycles. The number of halogens is 1. The third-order valence-electron chi connectivity index (χ3n) is 5.93. The average Bonchev–Trinajstić information content (AvgIpc) is 3.11. The van der Waals surface area contributed by atoms with E-state index in [0.717, 1.165) is 16.3 Å². The Morgan fingerprint density at radius 2 is 1.76 bits per heavy atom.